The molecule has 0 radical (unpaired) electrons. The van der Waals surface area contributed by atoms with Crippen LogP contribution in [-0.2, 0) is 4.79 Å². The molecule has 23 heavy (non-hydrogen) atoms. The first kappa shape index (κ1) is 17.2. The van der Waals surface area contributed by atoms with Gasteiger partial charge < -0.3 is 5.11 Å². The fraction of sp³-hybridized carbons (Fsp3) is 0.125. The monoisotopic (exact) mass is 350 g/mol. The number of hydrogen-bond acceptors (Lipinski definition) is 4. The van der Waals surface area contributed by atoms with E-state index in [-0.39, 0.29) is 17.2 Å². The number of hydrogen-bond donors (Lipinski definition) is 3. The second kappa shape index (κ2) is 7.89. The highest BCUT2D eigenvalue weighted by Gasteiger charge is 2.17. The van der Waals surface area contributed by atoms with Gasteiger partial charge in [0.25, 0.3) is 11.8 Å². The van der Waals surface area contributed by atoms with E-state index in [1.807, 2.05) is 18.2 Å². The number of carbonyl (C=O) groups excluding carboxylic acids is 2. The highest BCUT2D eigenvalue weighted by Crippen LogP contribution is 2.29. The molecule has 0 aliphatic heterocycles. The highest BCUT2D eigenvalue weighted by atomic mass is 35.5. The number of phenolic OH excluding ortho intramolecular Hbond substituents is 1. The van der Waals surface area contributed by atoms with Crippen LogP contribution in [0.2, 0.25) is 5.02 Å². The molecule has 1 unspecified atom stereocenters. The van der Waals surface area contributed by atoms with Gasteiger partial charge in [-0.1, -0.05) is 35.9 Å². The first-order chi connectivity index (χ1) is 11.0. The zero-order valence-corrected chi connectivity index (χ0v) is 13.8. The molecule has 0 spiro atoms. The Morgan fingerprint density at radius 3 is 2.43 bits per heavy atom. The van der Waals surface area contributed by atoms with Crippen LogP contribution in [0.1, 0.15) is 17.3 Å². The van der Waals surface area contributed by atoms with Crippen molar-refractivity contribution in [2.45, 2.75) is 17.1 Å². The number of phenols is 1. The smallest absolute Gasteiger partial charge is 0.273 e. The number of hydrazine groups is 1. The number of rotatable bonds is 4. The Hall–Kier alpha value is -2.18. The summed E-state index contributed by atoms with van der Waals surface area (Å²) in [4.78, 5) is 24.7. The van der Waals surface area contributed by atoms with E-state index in [4.69, 9.17) is 11.6 Å². The third-order valence-electron chi connectivity index (χ3n) is 2.96. The topological polar surface area (TPSA) is 78.4 Å². The van der Waals surface area contributed by atoms with Gasteiger partial charge in [0, 0.05) is 4.90 Å². The summed E-state index contributed by atoms with van der Waals surface area (Å²) >= 11 is 7.33. The summed E-state index contributed by atoms with van der Waals surface area (Å²) in [6.45, 7) is 1.70. The number of aromatic hydroxyl groups is 1. The minimum absolute atomic E-state index is 0.0826. The number of para-hydroxylation sites is 1. The SMILES string of the molecule is CC(Sc1ccccc1Cl)C(=O)NNC(=O)c1ccccc1O. The van der Waals surface area contributed by atoms with Crippen molar-refractivity contribution in [2.24, 2.45) is 0 Å². The summed E-state index contributed by atoms with van der Waals surface area (Å²) in [5, 5.41) is 9.69. The van der Waals surface area contributed by atoms with Gasteiger partial charge in [0.15, 0.2) is 0 Å². The summed E-state index contributed by atoms with van der Waals surface area (Å²) in [6.07, 6.45) is 0. The molecule has 0 saturated heterocycles. The molecule has 1 atom stereocenters. The first-order valence-corrected chi connectivity index (χ1v) is 8.04. The van der Waals surface area contributed by atoms with Crippen LogP contribution in [-0.4, -0.2) is 22.2 Å². The lowest BCUT2D eigenvalue weighted by molar-refractivity contribution is -0.121. The van der Waals surface area contributed by atoms with Crippen molar-refractivity contribution in [1.29, 1.82) is 0 Å². The molecule has 120 valence electrons. The van der Waals surface area contributed by atoms with Crippen molar-refractivity contribution < 1.29 is 14.7 Å². The van der Waals surface area contributed by atoms with E-state index in [1.54, 1.807) is 25.1 Å². The lowest BCUT2D eigenvalue weighted by Crippen LogP contribution is -2.44. The van der Waals surface area contributed by atoms with Crippen LogP contribution in [0.3, 0.4) is 0 Å². The van der Waals surface area contributed by atoms with Crippen LogP contribution in [0.4, 0.5) is 0 Å². The second-order valence-corrected chi connectivity index (χ2v) is 6.44. The van der Waals surface area contributed by atoms with E-state index in [1.165, 1.54) is 23.9 Å². The Morgan fingerprint density at radius 2 is 1.74 bits per heavy atom. The first-order valence-electron chi connectivity index (χ1n) is 6.78. The van der Waals surface area contributed by atoms with E-state index >= 15 is 0 Å². The van der Waals surface area contributed by atoms with Crippen molar-refractivity contribution in [1.82, 2.24) is 10.9 Å². The molecule has 0 aromatic heterocycles. The molecule has 2 rings (SSSR count). The van der Waals surface area contributed by atoms with Crippen LogP contribution < -0.4 is 10.9 Å². The maximum absolute atomic E-state index is 12.0. The Morgan fingerprint density at radius 1 is 1.09 bits per heavy atom. The maximum Gasteiger partial charge on any atom is 0.273 e. The summed E-state index contributed by atoms with van der Waals surface area (Å²) in [5.41, 5.74) is 4.69. The molecule has 2 aromatic rings. The minimum atomic E-state index is -0.591. The zero-order valence-electron chi connectivity index (χ0n) is 12.2. The zero-order chi connectivity index (χ0) is 16.8. The molecular weight excluding hydrogens is 336 g/mol. The molecule has 0 heterocycles. The van der Waals surface area contributed by atoms with Crippen molar-refractivity contribution in [3.8, 4) is 5.75 Å². The van der Waals surface area contributed by atoms with Crippen molar-refractivity contribution >= 4 is 35.2 Å². The molecule has 3 N–H and O–H groups in total. The Bertz CT molecular complexity index is 724. The molecule has 0 saturated carbocycles. The van der Waals surface area contributed by atoms with Crippen LogP contribution in [0.5, 0.6) is 5.75 Å². The average Bonchev–Trinajstić information content (AvgIpc) is 2.54. The Labute approximate surface area is 143 Å². The lowest BCUT2D eigenvalue weighted by Gasteiger charge is -2.13. The third-order valence-corrected chi connectivity index (χ3v) is 4.58. The molecule has 2 amide bonds. The van der Waals surface area contributed by atoms with Gasteiger partial charge in [0.1, 0.15) is 5.75 Å². The van der Waals surface area contributed by atoms with Gasteiger partial charge in [0.05, 0.1) is 15.8 Å². The van der Waals surface area contributed by atoms with E-state index in [9.17, 15) is 14.7 Å². The highest BCUT2D eigenvalue weighted by molar-refractivity contribution is 8.00. The summed E-state index contributed by atoms with van der Waals surface area (Å²) in [5.74, 6) is -1.12. The van der Waals surface area contributed by atoms with Crippen LogP contribution >= 0.6 is 23.4 Å². The van der Waals surface area contributed by atoms with Gasteiger partial charge in [-0.2, -0.15) is 0 Å². The van der Waals surface area contributed by atoms with E-state index < -0.39 is 11.2 Å². The predicted molar refractivity (Wildman–Crippen MR) is 90.5 cm³/mol. The quantitative estimate of drug-likeness (QED) is 0.585. The summed E-state index contributed by atoms with van der Waals surface area (Å²) in [7, 11) is 0. The van der Waals surface area contributed by atoms with Crippen molar-refractivity contribution in [2.75, 3.05) is 0 Å². The van der Waals surface area contributed by atoms with Gasteiger partial charge in [-0.3, -0.25) is 20.4 Å². The van der Waals surface area contributed by atoms with Gasteiger partial charge in [-0.05, 0) is 31.2 Å². The third kappa shape index (κ3) is 4.64. The standard InChI is InChI=1S/C16H15ClN2O3S/c1-10(23-14-9-5-3-7-12(14)17)15(21)18-19-16(22)11-6-2-4-8-13(11)20/h2-10,20H,1H3,(H,18,21)(H,19,22). The minimum Gasteiger partial charge on any atom is -0.507 e. The number of halogens is 1. The normalized spacial score (nSPS) is 11.6. The van der Waals surface area contributed by atoms with E-state index in [0.717, 1.165) is 4.90 Å². The molecule has 0 aliphatic rings. The molecule has 0 aliphatic carbocycles. The molecule has 0 fully saturated rings. The number of carbonyl (C=O) groups is 2. The molecule has 2 aromatic carbocycles. The van der Waals surface area contributed by atoms with Gasteiger partial charge in [-0.25, -0.2) is 0 Å². The number of thioether (sulfide) groups is 1. The van der Waals surface area contributed by atoms with Gasteiger partial charge >= 0.3 is 0 Å². The number of benzene rings is 2. The fourth-order valence-electron chi connectivity index (χ4n) is 1.74. The van der Waals surface area contributed by atoms with E-state index in [0.29, 0.717) is 5.02 Å². The van der Waals surface area contributed by atoms with Crippen LogP contribution in [0.15, 0.2) is 53.4 Å². The number of amides is 2. The van der Waals surface area contributed by atoms with E-state index in [2.05, 4.69) is 10.9 Å². The number of nitrogens with one attached hydrogen (secondary N) is 2. The van der Waals surface area contributed by atoms with Gasteiger partial charge in [0.2, 0.25) is 0 Å². The predicted octanol–water partition coefficient (Wildman–Crippen LogP) is 2.99. The summed E-state index contributed by atoms with van der Waals surface area (Å²) in [6, 6.07) is 13.3. The second-order valence-electron chi connectivity index (χ2n) is 4.65. The van der Waals surface area contributed by atoms with Crippen molar-refractivity contribution in [3.63, 3.8) is 0 Å². The van der Waals surface area contributed by atoms with Crippen LogP contribution in [0, 0.1) is 0 Å². The molecule has 7 heteroatoms. The largest absolute Gasteiger partial charge is 0.507 e. The van der Waals surface area contributed by atoms with Crippen LogP contribution in [0.25, 0.3) is 0 Å². The van der Waals surface area contributed by atoms with Gasteiger partial charge in [-0.15, -0.1) is 11.8 Å². The Balaban J connectivity index is 1.91. The molecular formula is C16H15ClN2O3S. The summed E-state index contributed by atoms with van der Waals surface area (Å²) < 4.78 is 0. The lowest BCUT2D eigenvalue weighted by atomic mass is 10.2. The Kier molecular flexibility index (Phi) is 5.90. The average molecular weight is 351 g/mol. The maximum atomic E-state index is 12.0. The molecule has 5 nitrogen and oxygen atoms in total. The molecule has 0 bridgehead atoms. The van der Waals surface area contributed by atoms with Crippen molar-refractivity contribution in [3.05, 3.63) is 59.1 Å². The fourth-order valence-corrected chi connectivity index (χ4v) is 2.89.